The summed E-state index contributed by atoms with van der Waals surface area (Å²) in [6.45, 7) is 4.27. The number of hydrogen-bond donors (Lipinski definition) is 0. The van der Waals surface area contributed by atoms with Gasteiger partial charge in [0.1, 0.15) is 5.82 Å². The Balaban J connectivity index is 2.29. The van der Waals surface area contributed by atoms with Gasteiger partial charge in [-0.2, -0.15) is 0 Å². The molecule has 0 fully saturated rings. The van der Waals surface area contributed by atoms with Crippen molar-refractivity contribution in [1.82, 2.24) is 14.8 Å². The lowest BCUT2D eigenvalue weighted by molar-refractivity contribution is 0.554. The molecule has 1 aromatic heterocycles. The van der Waals surface area contributed by atoms with Crippen molar-refractivity contribution in [1.29, 1.82) is 0 Å². The van der Waals surface area contributed by atoms with E-state index in [0.717, 1.165) is 28.0 Å². The first-order valence-corrected chi connectivity index (χ1v) is 7.30. The van der Waals surface area contributed by atoms with Crippen molar-refractivity contribution >= 4 is 27.7 Å². The first-order valence-electron chi connectivity index (χ1n) is 5.20. The van der Waals surface area contributed by atoms with E-state index < -0.39 is 0 Å². The van der Waals surface area contributed by atoms with E-state index in [0.29, 0.717) is 0 Å². The van der Waals surface area contributed by atoms with Gasteiger partial charge in [0, 0.05) is 18.1 Å². The molecule has 0 radical (unpaired) electrons. The number of nitrogens with zero attached hydrogens (tertiary/aromatic N) is 3. The normalized spacial score (nSPS) is 13.1. The molecule has 3 nitrogen and oxygen atoms in total. The van der Waals surface area contributed by atoms with Crippen LogP contribution in [0.1, 0.15) is 25.6 Å². The minimum absolute atomic E-state index is 0.784. The van der Waals surface area contributed by atoms with Crippen molar-refractivity contribution in [2.75, 3.05) is 11.1 Å². The van der Waals surface area contributed by atoms with Crippen LogP contribution in [0, 0.1) is 12.8 Å². The third-order valence-electron chi connectivity index (χ3n) is 2.50. The fourth-order valence-corrected chi connectivity index (χ4v) is 3.10. The van der Waals surface area contributed by atoms with E-state index in [4.69, 9.17) is 0 Å². The van der Waals surface area contributed by atoms with Gasteiger partial charge in [0.25, 0.3) is 0 Å². The smallest absolute Gasteiger partial charge is 0.190 e. The Morgan fingerprint density at radius 2 is 2.13 bits per heavy atom. The lowest BCUT2D eigenvalue weighted by Gasteiger charge is -2.08. The lowest BCUT2D eigenvalue weighted by atomic mass is 10.1. The molecule has 1 rings (SSSR count). The molecule has 0 aromatic carbocycles. The number of alkyl halides is 1. The monoisotopic (exact) mass is 291 g/mol. The van der Waals surface area contributed by atoms with Gasteiger partial charge in [-0.25, -0.2) is 0 Å². The molecule has 1 atom stereocenters. The quantitative estimate of drug-likeness (QED) is 0.596. The molecule has 0 aliphatic rings. The molecule has 86 valence electrons. The van der Waals surface area contributed by atoms with Gasteiger partial charge in [-0.1, -0.05) is 34.6 Å². The molecule has 0 amide bonds. The topological polar surface area (TPSA) is 30.7 Å². The summed E-state index contributed by atoms with van der Waals surface area (Å²) in [6, 6.07) is 0. The van der Waals surface area contributed by atoms with Gasteiger partial charge in [-0.15, -0.1) is 10.2 Å². The van der Waals surface area contributed by atoms with Crippen LogP contribution in [0.2, 0.25) is 0 Å². The Kier molecular flexibility index (Phi) is 5.68. The predicted molar refractivity (Wildman–Crippen MR) is 68.7 cm³/mol. The molecule has 1 unspecified atom stereocenters. The lowest BCUT2D eigenvalue weighted by Crippen LogP contribution is -1.99. The standard InChI is InChI=1S/C10H18BrN3S/c1-8(4-6-11)5-7-15-10-13-12-9(2)14(10)3/h8H,4-7H2,1-3H3. The highest BCUT2D eigenvalue weighted by Gasteiger charge is 2.06. The molecular weight excluding hydrogens is 274 g/mol. The van der Waals surface area contributed by atoms with Crippen LogP contribution in [0.15, 0.2) is 5.16 Å². The van der Waals surface area contributed by atoms with E-state index in [-0.39, 0.29) is 0 Å². The maximum atomic E-state index is 4.12. The molecule has 0 saturated carbocycles. The zero-order chi connectivity index (χ0) is 11.3. The summed E-state index contributed by atoms with van der Waals surface area (Å²) in [5.74, 6) is 2.89. The van der Waals surface area contributed by atoms with Gasteiger partial charge in [0.05, 0.1) is 0 Å². The summed E-state index contributed by atoms with van der Waals surface area (Å²) < 4.78 is 2.04. The molecule has 0 spiro atoms. The molecule has 15 heavy (non-hydrogen) atoms. The second kappa shape index (κ2) is 6.53. The van der Waals surface area contributed by atoms with Crippen LogP contribution >= 0.6 is 27.7 Å². The largest absolute Gasteiger partial charge is 0.309 e. The average Bonchev–Trinajstić information content (AvgIpc) is 2.50. The van der Waals surface area contributed by atoms with Crippen LogP contribution in [0.5, 0.6) is 0 Å². The average molecular weight is 292 g/mol. The van der Waals surface area contributed by atoms with Crippen molar-refractivity contribution < 1.29 is 0 Å². The van der Waals surface area contributed by atoms with Gasteiger partial charge in [-0.05, 0) is 25.7 Å². The molecule has 1 aromatic rings. The van der Waals surface area contributed by atoms with Gasteiger partial charge >= 0.3 is 0 Å². The molecule has 0 N–H and O–H groups in total. The van der Waals surface area contributed by atoms with Crippen LogP contribution in [-0.2, 0) is 7.05 Å². The van der Waals surface area contributed by atoms with E-state index in [1.54, 1.807) is 11.8 Å². The third kappa shape index (κ3) is 4.15. The number of halogens is 1. The maximum absolute atomic E-state index is 4.12. The predicted octanol–water partition coefficient (Wildman–Crippen LogP) is 3.03. The van der Waals surface area contributed by atoms with Gasteiger partial charge in [0.2, 0.25) is 0 Å². The van der Waals surface area contributed by atoms with E-state index in [9.17, 15) is 0 Å². The second-order valence-electron chi connectivity index (χ2n) is 3.81. The summed E-state index contributed by atoms with van der Waals surface area (Å²) in [7, 11) is 2.01. The van der Waals surface area contributed by atoms with Crippen LogP contribution in [-0.4, -0.2) is 25.8 Å². The Morgan fingerprint density at radius 3 is 2.67 bits per heavy atom. The molecule has 5 heteroatoms. The number of aromatic nitrogens is 3. The second-order valence-corrected chi connectivity index (χ2v) is 5.66. The van der Waals surface area contributed by atoms with Gasteiger partial charge in [-0.3, -0.25) is 0 Å². The minimum atomic E-state index is 0.784. The van der Waals surface area contributed by atoms with Gasteiger partial charge in [0.15, 0.2) is 5.16 Å². The van der Waals surface area contributed by atoms with Crippen LogP contribution in [0.4, 0.5) is 0 Å². The molecule has 0 saturated heterocycles. The van der Waals surface area contributed by atoms with E-state index in [2.05, 4.69) is 33.1 Å². The third-order valence-corrected chi connectivity index (χ3v) is 4.01. The van der Waals surface area contributed by atoms with E-state index in [1.165, 1.54) is 12.8 Å². The minimum Gasteiger partial charge on any atom is -0.309 e. The van der Waals surface area contributed by atoms with Crippen molar-refractivity contribution in [3.05, 3.63) is 5.82 Å². The Bertz CT molecular complexity index is 301. The Hall–Kier alpha value is -0.0300. The molecule has 0 bridgehead atoms. The fraction of sp³-hybridized carbons (Fsp3) is 0.800. The van der Waals surface area contributed by atoms with E-state index in [1.807, 2.05) is 18.5 Å². The van der Waals surface area contributed by atoms with Crippen LogP contribution < -0.4 is 0 Å². The van der Waals surface area contributed by atoms with Crippen LogP contribution in [0.3, 0.4) is 0 Å². The summed E-state index contributed by atoms with van der Waals surface area (Å²) in [5, 5.41) is 10.3. The SMILES string of the molecule is Cc1nnc(SCCC(C)CCBr)n1C. The van der Waals surface area contributed by atoms with Crippen molar-refractivity contribution in [3.8, 4) is 0 Å². The molecule has 0 aliphatic carbocycles. The van der Waals surface area contributed by atoms with Crippen LogP contribution in [0.25, 0.3) is 0 Å². The fourth-order valence-electron chi connectivity index (χ4n) is 1.20. The zero-order valence-electron chi connectivity index (χ0n) is 9.53. The van der Waals surface area contributed by atoms with Crippen molar-refractivity contribution in [2.24, 2.45) is 13.0 Å². The zero-order valence-corrected chi connectivity index (χ0v) is 11.9. The molecule has 0 aliphatic heterocycles. The Labute approximate surface area is 104 Å². The highest BCUT2D eigenvalue weighted by atomic mass is 79.9. The number of rotatable bonds is 6. The molecule has 1 heterocycles. The number of thioether (sulfide) groups is 1. The first kappa shape index (κ1) is 13.0. The van der Waals surface area contributed by atoms with Crippen molar-refractivity contribution in [3.63, 3.8) is 0 Å². The Morgan fingerprint density at radius 1 is 1.40 bits per heavy atom. The summed E-state index contributed by atoms with van der Waals surface area (Å²) in [6.07, 6.45) is 2.49. The first-order chi connectivity index (χ1) is 7.15. The molecular formula is C10H18BrN3S. The summed E-state index contributed by atoms with van der Waals surface area (Å²) in [5.41, 5.74) is 0. The summed E-state index contributed by atoms with van der Waals surface area (Å²) >= 11 is 5.26. The maximum Gasteiger partial charge on any atom is 0.190 e. The highest BCUT2D eigenvalue weighted by molar-refractivity contribution is 9.09. The van der Waals surface area contributed by atoms with E-state index >= 15 is 0 Å². The van der Waals surface area contributed by atoms with Gasteiger partial charge < -0.3 is 4.57 Å². The van der Waals surface area contributed by atoms with Crippen molar-refractivity contribution in [2.45, 2.75) is 31.8 Å². The number of aryl methyl sites for hydroxylation is 1. The highest BCUT2D eigenvalue weighted by Crippen LogP contribution is 2.19. The summed E-state index contributed by atoms with van der Waals surface area (Å²) in [4.78, 5) is 0. The number of hydrogen-bond acceptors (Lipinski definition) is 3.